The molecule has 5 nitrogen and oxygen atoms in total. The predicted octanol–water partition coefficient (Wildman–Crippen LogP) is 1.86. The van der Waals surface area contributed by atoms with Crippen LogP contribution in [0.25, 0.3) is 0 Å². The largest absolute Gasteiger partial charge is 0.371 e. The van der Waals surface area contributed by atoms with Crippen LogP contribution in [0, 0.1) is 0 Å². The molecule has 0 atom stereocenters. The van der Waals surface area contributed by atoms with Crippen molar-refractivity contribution in [3.05, 3.63) is 30.3 Å². The molecule has 0 aliphatic heterocycles. The molecule has 0 radical (unpaired) electrons. The molecule has 1 rings (SSSR count). The highest BCUT2D eigenvalue weighted by atomic mass is 16.9. The van der Waals surface area contributed by atoms with E-state index in [9.17, 15) is 4.79 Å². The van der Waals surface area contributed by atoms with Crippen LogP contribution < -0.4 is 5.32 Å². The average Bonchev–Trinajstić information content (AvgIpc) is 2.19. The molecule has 1 aromatic carbocycles. The van der Waals surface area contributed by atoms with Crippen LogP contribution >= 0.6 is 0 Å². The zero-order chi connectivity index (χ0) is 10.4. The Hall–Kier alpha value is -1.59. The summed E-state index contributed by atoms with van der Waals surface area (Å²) >= 11 is 0. The topological polar surface area (TPSA) is 61.8 Å². The molecule has 0 unspecified atom stereocenters. The van der Waals surface area contributed by atoms with Crippen LogP contribution in [0.4, 0.5) is 10.5 Å². The Bertz CT molecular complexity index is 289. The van der Waals surface area contributed by atoms with Gasteiger partial charge >= 0.3 is 6.03 Å². The van der Waals surface area contributed by atoms with Crippen LogP contribution in [0.2, 0.25) is 0 Å². The minimum Gasteiger partial charge on any atom is -0.304 e. The number of benzene rings is 1. The standard InChI is InChI=1S/C9H12N2O3/c1-2-14-11(13)9(12)10-8-6-4-3-5-7-8/h3-7,13H,2H2,1H3,(H,10,12). The van der Waals surface area contributed by atoms with Gasteiger partial charge in [0.2, 0.25) is 0 Å². The minimum absolute atomic E-state index is 0.174. The molecule has 0 fully saturated rings. The van der Waals surface area contributed by atoms with E-state index in [1.54, 1.807) is 31.2 Å². The maximum Gasteiger partial charge on any atom is 0.371 e. The zero-order valence-corrected chi connectivity index (χ0v) is 7.80. The molecule has 76 valence electrons. The molecule has 0 saturated carbocycles. The van der Waals surface area contributed by atoms with E-state index in [0.717, 1.165) is 0 Å². The van der Waals surface area contributed by atoms with E-state index >= 15 is 0 Å². The van der Waals surface area contributed by atoms with Gasteiger partial charge in [0.05, 0.1) is 6.61 Å². The second kappa shape index (κ2) is 5.21. The molecule has 0 bridgehead atoms. The highest BCUT2D eigenvalue weighted by Gasteiger charge is 2.10. The maximum absolute atomic E-state index is 11.1. The quantitative estimate of drug-likeness (QED) is 0.573. The summed E-state index contributed by atoms with van der Waals surface area (Å²) in [6.45, 7) is 1.89. The van der Waals surface area contributed by atoms with E-state index in [4.69, 9.17) is 5.21 Å². The van der Waals surface area contributed by atoms with E-state index in [1.807, 2.05) is 6.07 Å². The summed E-state index contributed by atoms with van der Waals surface area (Å²) in [5.41, 5.74) is 0.594. The van der Waals surface area contributed by atoms with Crippen molar-refractivity contribution in [1.82, 2.24) is 5.23 Å². The van der Waals surface area contributed by atoms with Crippen LogP contribution in [0.3, 0.4) is 0 Å². The first-order valence-electron chi connectivity index (χ1n) is 4.22. The number of hydroxylamine groups is 2. The van der Waals surface area contributed by atoms with Crippen LogP contribution in [0.1, 0.15) is 6.92 Å². The predicted molar refractivity (Wildman–Crippen MR) is 50.7 cm³/mol. The summed E-state index contributed by atoms with van der Waals surface area (Å²) in [4.78, 5) is 15.7. The van der Waals surface area contributed by atoms with Gasteiger partial charge in [-0.2, -0.15) is 0 Å². The van der Waals surface area contributed by atoms with E-state index in [1.165, 1.54) is 0 Å². The van der Waals surface area contributed by atoms with E-state index in [2.05, 4.69) is 10.2 Å². The maximum atomic E-state index is 11.1. The fourth-order valence-corrected chi connectivity index (χ4v) is 0.874. The highest BCUT2D eigenvalue weighted by Crippen LogP contribution is 2.05. The van der Waals surface area contributed by atoms with Gasteiger partial charge in [0, 0.05) is 5.69 Å². The van der Waals surface area contributed by atoms with Crippen molar-refractivity contribution < 1.29 is 14.8 Å². The lowest BCUT2D eigenvalue weighted by Crippen LogP contribution is -2.31. The van der Waals surface area contributed by atoms with Gasteiger partial charge in [-0.25, -0.2) is 9.63 Å². The Morgan fingerprint density at radius 3 is 2.71 bits per heavy atom. The van der Waals surface area contributed by atoms with Gasteiger partial charge in [0.1, 0.15) is 0 Å². The third kappa shape index (κ3) is 3.04. The lowest BCUT2D eigenvalue weighted by Gasteiger charge is -2.13. The summed E-state index contributed by atoms with van der Waals surface area (Å²) < 4.78 is 0. The first kappa shape index (κ1) is 10.5. The van der Waals surface area contributed by atoms with Gasteiger partial charge in [0.25, 0.3) is 0 Å². The Balaban J connectivity index is 2.49. The molecule has 0 spiro atoms. The van der Waals surface area contributed by atoms with Crippen LogP contribution in [0.5, 0.6) is 0 Å². The smallest absolute Gasteiger partial charge is 0.304 e. The van der Waals surface area contributed by atoms with Crippen molar-refractivity contribution in [2.45, 2.75) is 6.92 Å². The molecule has 0 aromatic heterocycles. The van der Waals surface area contributed by atoms with E-state index < -0.39 is 6.03 Å². The molecule has 2 amide bonds. The number of para-hydroxylation sites is 1. The van der Waals surface area contributed by atoms with E-state index in [0.29, 0.717) is 5.69 Å². The molecular formula is C9H12N2O3. The molecular weight excluding hydrogens is 184 g/mol. The number of hydrogen-bond donors (Lipinski definition) is 2. The summed E-state index contributed by atoms with van der Waals surface area (Å²) in [6, 6.07) is 8.07. The number of hydrogen-bond acceptors (Lipinski definition) is 3. The van der Waals surface area contributed by atoms with Crippen LogP contribution in [-0.4, -0.2) is 23.1 Å². The van der Waals surface area contributed by atoms with Gasteiger partial charge in [-0.05, 0) is 19.1 Å². The monoisotopic (exact) mass is 196 g/mol. The number of carbonyl (C=O) groups excluding carboxylic acids is 1. The summed E-state index contributed by atoms with van der Waals surface area (Å²) in [6.07, 6.45) is 0. The second-order valence-electron chi connectivity index (χ2n) is 2.49. The van der Waals surface area contributed by atoms with Gasteiger partial charge < -0.3 is 5.32 Å². The Labute approximate surface area is 81.8 Å². The number of nitrogens with one attached hydrogen (secondary N) is 1. The van der Waals surface area contributed by atoms with Crippen molar-refractivity contribution in [3.8, 4) is 0 Å². The zero-order valence-electron chi connectivity index (χ0n) is 7.80. The molecule has 0 aliphatic rings. The number of anilines is 1. The SMILES string of the molecule is CCON(O)C(=O)Nc1ccccc1. The first-order chi connectivity index (χ1) is 6.74. The van der Waals surface area contributed by atoms with Crippen molar-refractivity contribution in [2.75, 3.05) is 11.9 Å². The Morgan fingerprint density at radius 1 is 1.50 bits per heavy atom. The number of amides is 2. The van der Waals surface area contributed by atoms with Crippen LogP contribution in [0.15, 0.2) is 30.3 Å². The summed E-state index contributed by atoms with van der Waals surface area (Å²) in [5.74, 6) is 0. The summed E-state index contributed by atoms with van der Waals surface area (Å²) in [5, 5.41) is 11.6. The average molecular weight is 196 g/mol. The van der Waals surface area contributed by atoms with Gasteiger partial charge in [0.15, 0.2) is 0 Å². The minimum atomic E-state index is -0.724. The third-order valence-electron chi connectivity index (χ3n) is 1.45. The lowest BCUT2D eigenvalue weighted by atomic mass is 10.3. The molecule has 0 heterocycles. The Morgan fingerprint density at radius 2 is 2.14 bits per heavy atom. The van der Waals surface area contributed by atoms with Gasteiger partial charge in [-0.15, -0.1) is 0 Å². The van der Waals surface area contributed by atoms with Crippen molar-refractivity contribution in [1.29, 1.82) is 0 Å². The molecule has 5 heteroatoms. The van der Waals surface area contributed by atoms with Crippen molar-refractivity contribution >= 4 is 11.7 Å². The van der Waals surface area contributed by atoms with Gasteiger partial charge in [-0.1, -0.05) is 23.4 Å². The lowest BCUT2D eigenvalue weighted by molar-refractivity contribution is -0.290. The highest BCUT2D eigenvalue weighted by molar-refractivity contribution is 5.87. The molecule has 14 heavy (non-hydrogen) atoms. The normalized spacial score (nSPS) is 9.57. The number of carbonyl (C=O) groups is 1. The number of nitrogens with zero attached hydrogens (tertiary/aromatic N) is 1. The van der Waals surface area contributed by atoms with E-state index in [-0.39, 0.29) is 11.8 Å². The molecule has 1 aromatic rings. The second-order valence-corrected chi connectivity index (χ2v) is 2.49. The van der Waals surface area contributed by atoms with Crippen molar-refractivity contribution in [3.63, 3.8) is 0 Å². The van der Waals surface area contributed by atoms with Crippen LogP contribution in [-0.2, 0) is 4.84 Å². The first-order valence-corrected chi connectivity index (χ1v) is 4.22. The van der Waals surface area contributed by atoms with Crippen molar-refractivity contribution in [2.24, 2.45) is 0 Å². The molecule has 0 saturated heterocycles. The fraction of sp³-hybridized carbons (Fsp3) is 0.222. The number of rotatable bonds is 3. The Kier molecular flexibility index (Phi) is 3.90. The fourth-order valence-electron chi connectivity index (χ4n) is 0.874. The van der Waals surface area contributed by atoms with Gasteiger partial charge in [-0.3, -0.25) is 5.21 Å². The molecule has 2 N–H and O–H groups in total. The molecule has 0 aliphatic carbocycles. The third-order valence-corrected chi connectivity index (χ3v) is 1.45. The number of urea groups is 1. The summed E-state index contributed by atoms with van der Waals surface area (Å²) in [7, 11) is 0.